The van der Waals surface area contributed by atoms with Crippen molar-refractivity contribution in [3.63, 3.8) is 0 Å². The maximum atomic E-state index is 13.6. The maximum Gasteiger partial charge on any atom is 0.165 e. The van der Waals surface area contributed by atoms with Gasteiger partial charge >= 0.3 is 0 Å². The molecule has 0 heterocycles. The number of hydrogen-bond acceptors (Lipinski definition) is 3. The minimum Gasteiger partial charge on any atom is -0.494 e. The van der Waals surface area contributed by atoms with E-state index < -0.39 is 0 Å². The largest absolute Gasteiger partial charge is 0.494 e. The van der Waals surface area contributed by atoms with Crippen molar-refractivity contribution in [2.75, 3.05) is 20.3 Å². The summed E-state index contributed by atoms with van der Waals surface area (Å²) in [6.45, 7) is 0.274. The molecule has 0 aliphatic rings. The van der Waals surface area contributed by atoms with Crippen LogP contribution in [0.5, 0.6) is 11.5 Å². The summed E-state index contributed by atoms with van der Waals surface area (Å²) >= 11 is 0. The summed E-state index contributed by atoms with van der Waals surface area (Å²) in [7, 11) is 1.45. The van der Waals surface area contributed by atoms with Crippen LogP contribution in [-0.2, 0) is 6.42 Å². The molecule has 4 heteroatoms. The van der Waals surface area contributed by atoms with Gasteiger partial charge in [0.1, 0.15) is 12.4 Å². The maximum absolute atomic E-state index is 13.6. The smallest absolute Gasteiger partial charge is 0.165 e. The quantitative estimate of drug-likeness (QED) is 0.881. The molecule has 0 aliphatic carbocycles. The topological polar surface area (TPSA) is 38.7 Å². The van der Waals surface area contributed by atoms with Crippen LogP contribution in [0.25, 0.3) is 0 Å². The van der Waals surface area contributed by atoms with E-state index in [1.807, 2.05) is 30.3 Å². The van der Waals surface area contributed by atoms with Crippen LogP contribution < -0.4 is 9.47 Å². The normalized spacial score (nSPS) is 10.3. The lowest BCUT2D eigenvalue weighted by Crippen LogP contribution is -2.01. The van der Waals surface area contributed by atoms with Crippen molar-refractivity contribution in [1.82, 2.24) is 0 Å². The molecule has 0 fully saturated rings. The number of rotatable bonds is 6. The molecule has 2 rings (SSSR count). The number of halogens is 1. The summed E-state index contributed by atoms with van der Waals surface area (Å²) in [6.07, 6.45) is 0.640. The van der Waals surface area contributed by atoms with Crippen LogP contribution in [0.3, 0.4) is 0 Å². The third kappa shape index (κ3) is 3.71. The van der Waals surface area contributed by atoms with Crippen molar-refractivity contribution < 1.29 is 19.0 Å². The van der Waals surface area contributed by atoms with Crippen molar-refractivity contribution in [2.24, 2.45) is 0 Å². The van der Waals surface area contributed by atoms with E-state index in [4.69, 9.17) is 14.6 Å². The third-order valence-electron chi connectivity index (χ3n) is 2.91. The molecular weight excluding hydrogens is 259 g/mol. The molecule has 0 atom stereocenters. The zero-order valence-corrected chi connectivity index (χ0v) is 11.3. The fourth-order valence-corrected chi connectivity index (χ4v) is 1.92. The summed E-state index contributed by atoms with van der Waals surface area (Å²) in [5.41, 5.74) is 1.94. The predicted molar refractivity (Wildman–Crippen MR) is 74.8 cm³/mol. The molecule has 0 unspecified atom stereocenters. The second kappa shape index (κ2) is 6.91. The molecule has 106 valence electrons. The predicted octanol–water partition coefficient (Wildman–Crippen LogP) is 2.80. The van der Waals surface area contributed by atoms with Crippen LogP contribution in [0, 0.1) is 5.82 Å². The molecule has 2 aromatic carbocycles. The van der Waals surface area contributed by atoms with Gasteiger partial charge in [0.15, 0.2) is 11.6 Å². The minimum absolute atomic E-state index is 0.00707. The van der Waals surface area contributed by atoms with E-state index in [1.54, 1.807) is 6.07 Å². The highest BCUT2D eigenvalue weighted by molar-refractivity contribution is 5.34. The lowest BCUT2D eigenvalue weighted by Gasteiger charge is -2.07. The first-order valence-corrected chi connectivity index (χ1v) is 6.38. The Balaban J connectivity index is 2.04. The van der Waals surface area contributed by atoms with Crippen LogP contribution in [-0.4, -0.2) is 25.4 Å². The average molecular weight is 276 g/mol. The van der Waals surface area contributed by atoms with E-state index in [1.165, 1.54) is 13.2 Å². The first kappa shape index (κ1) is 14.3. The van der Waals surface area contributed by atoms with Crippen LogP contribution in [0.4, 0.5) is 4.39 Å². The Bertz CT molecular complexity index is 552. The highest BCUT2D eigenvalue weighted by Gasteiger charge is 2.04. The van der Waals surface area contributed by atoms with E-state index >= 15 is 0 Å². The Kier molecular flexibility index (Phi) is 4.96. The fourth-order valence-electron chi connectivity index (χ4n) is 1.92. The molecule has 0 bridgehead atoms. The van der Waals surface area contributed by atoms with Gasteiger partial charge in [0.2, 0.25) is 0 Å². The lowest BCUT2D eigenvalue weighted by atomic mass is 10.0. The molecule has 1 N–H and O–H groups in total. The van der Waals surface area contributed by atoms with Gasteiger partial charge in [0, 0.05) is 0 Å². The van der Waals surface area contributed by atoms with E-state index in [-0.39, 0.29) is 24.8 Å². The second-order valence-corrected chi connectivity index (χ2v) is 4.36. The molecule has 0 saturated heterocycles. The monoisotopic (exact) mass is 276 g/mol. The van der Waals surface area contributed by atoms with Gasteiger partial charge in [-0.05, 0) is 41.8 Å². The molecule has 0 amide bonds. The first-order valence-electron chi connectivity index (χ1n) is 6.38. The van der Waals surface area contributed by atoms with Crippen molar-refractivity contribution in [1.29, 1.82) is 0 Å². The highest BCUT2D eigenvalue weighted by atomic mass is 19.1. The molecule has 0 spiro atoms. The first-order chi connectivity index (χ1) is 9.72. The van der Waals surface area contributed by atoms with Crippen LogP contribution in [0.2, 0.25) is 0 Å². The van der Waals surface area contributed by atoms with E-state index in [0.717, 1.165) is 11.1 Å². The van der Waals surface area contributed by atoms with E-state index in [0.29, 0.717) is 12.2 Å². The van der Waals surface area contributed by atoms with Gasteiger partial charge in [0.05, 0.1) is 13.7 Å². The van der Waals surface area contributed by atoms with Crippen LogP contribution in [0.1, 0.15) is 11.1 Å². The van der Waals surface area contributed by atoms with Crippen molar-refractivity contribution in [3.05, 3.63) is 59.4 Å². The molecule has 0 aromatic heterocycles. The number of ether oxygens (including phenoxy) is 2. The average Bonchev–Trinajstić information content (AvgIpc) is 2.47. The molecule has 0 radical (unpaired) electrons. The molecule has 2 aromatic rings. The molecule has 20 heavy (non-hydrogen) atoms. The number of hydrogen-bond donors (Lipinski definition) is 1. The van der Waals surface area contributed by atoms with Crippen LogP contribution >= 0.6 is 0 Å². The molecular formula is C16H17FO3. The number of aliphatic hydroxyl groups is 1. The van der Waals surface area contributed by atoms with E-state index in [9.17, 15) is 4.39 Å². The summed E-state index contributed by atoms with van der Waals surface area (Å²) in [5.74, 6) is 0.609. The Morgan fingerprint density at radius 3 is 2.35 bits per heavy atom. The summed E-state index contributed by atoms with van der Waals surface area (Å²) in [5, 5.41) is 8.67. The number of methoxy groups -OCH3 is 1. The second-order valence-electron chi connectivity index (χ2n) is 4.36. The van der Waals surface area contributed by atoms with Gasteiger partial charge in [-0.3, -0.25) is 0 Å². The summed E-state index contributed by atoms with van der Waals surface area (Å²) < 4.78 is 23.8. The highest BCUT2D eigenvalue weighted by Crippen LogP contribution is 2.20. The number of benzene rings is 2. The Morgan fingerprint density at radius 2 is 1.75 bits per heavy atom. The van der Waals surface area contributed by atoms with Crippen LogP contribution in [0.15, 0.2) is 42.5 Å². The summed E-state index contributed by atoms with van der Waals surface area (Å²) in [6, 6.07) is 12.5. The third-order valence-corrected chi connectivity index (χ3v) is 2.91. The minimum atomic E-state index is -0.354. The molecule has 0 aliphatic heterocycles. The van der Waals surface area contributed by atoms with Crippen molar-refractivity contribution in [3.8, 4) is 11.5 Å². The fraction of sp³-hybridized carbons (Fsp3) is 0.250. The standard InChI is InChI=1S/C16H17FO3/c1-19-16-7-4-13(11-15(16)17)10-12-2-5-14(6-3-12)20-9-8-18/h2-7,11,18H,8-10H2,1H3. The van der Waals surface area contributed by atoms with Gasteiger partial charge in [-0.2, -0.15) is 0 Å². The van der Waals surface area contributed by atoms with Gasteiger partial charge < -0.3 is 14.6 Å². The van der Waals surface area contributed by atoms with Gasteiger partial charge in [-0.15, -0.1) is 0 Å². The molecule has 3 nitrogen and oxygen atoms in total. The van der Waals surface area contributed by atoms with Gasteiger partial charge in [0.25, 0.3) is 0 Å². The van der Waals surface area contributed by atoms with Gasteiger partial charge in [-0.25, -0.2) is 4.39 Å². The van der Waals surface area contributed by atoms with Gasteiger partial charge in [-0.1, -0.05) is 18.2 Å². The zero-order valence-electron chi connectivity index (χ0n) is 11.3. The number of aliphatic hydroxyl groups excluding tert-OH is 1. The summed E-state index contributed by atoms with van der Waals surface area (Å²) in [4.78, 5) is 0. The Morgan fingerprint density at radius 1 is 1.05 bits per heavy atom. The Labute approximate surface area is 117 Å². The van der Waals surface area contributed by atoms with Crippen molar-refractivity contribution in [2.45, 2.75) is 6.42 Å². The Hall–Kier alpha value is -2.07. The van der Waals surface area contributed by atoms with E-state index in [2.05, 4.69) is 0 Å². The lowest BCUT2D eigenvalue weighted by molar-refractivity contribution is 0.201. The zero-order chi connectivity index (χ0) is 14.4. The molecule has 0 saturated carbocycles. The van der Waals surface area contributed by atoms with Crippen molar-refractivity contribution >= 4 is 0 Å². The SMILES string of the molecule is COc1ccc(Cc2ccc(OCCO)cc2)cc1F.